The molecule has 0 heterocycles. The molecule has 0 aliphatic heterocycles. The van der Waals surface area contributed by atoms with Gasteiger partial charge in [0.25, 0.3) is 0 Å². The van der Waals surface area contributed by atoms with Crippen LogP contribution in [-0.4, -0.2) is 6.18 Å². The van der Waals surface area contributed by atoms with Gasteiger partial charge in [-0.1, -0.05) is 45.4 Å². The molecule has 4 unspecified atom stereocenters. The number of fused-ring (bicyclic) bond motifs is 1. The van der Waals surface area contributed by atoms with Gasteiger partial charge in [0.05, 0.1) is 0 Å². The maximum atomic E-state index is 12.3. The molecule has 0 N–H and O–H groups in total. The number of unbranched alkanes of at least 4 members (excludes halogenated alkanes) is 2. The minimum absolute atomic E-state index is 0.338. The molecule has 0 saturated heterocycles. The summed E-state index contributed by atoms with van der Waals surface area (Å²) in [5.41, 5.74) is 0. The highest BCUT2D eigenvalue weighted by atomic mass is 19.4. The van der Waals surface area contributed by atoms with Gasteiger partial charge in [0.2, 0.25) is 0 Å². The first-order valence-electron chi connectivity index (χ1n) is 9.04. The highest BCUT2D eigenvalue weighted by molar-refractivity contribution is 4.86. The predicted octanol–water partition coefficient (Wildman–Crippen LogP) is 6.74. The first-order chi connectivity index (χ1) is 9.98. The molecule has 2 saturated carbocycles. The van der Waals surface area contributed by atoms with Gasteiger partial charge in [-0.05, 0) is 55.8 Å². The van der Waals surface area contributed by atoms with Gasteiger partial charge in [-0.15, -0.1) is 0 Å². The topological polar surface area (TPSA) is 0 Å². The van der Waals surface area contributed by atoms with Crippen molar-refractivity contribution in [1.82, 2.24) is 0 Å². The first-order valence-corrected chi connectivity index (χ1v) is 9.04. The molecule has 0 bridgehead atoms. The number of alkyl halides is 3. The van der Waals surface area contributed by atoms with E-state index in [4.69, 9.17) is 0 Å². The zero-order valence-electron chi connectivity index (χ0n) is 13.4. The Kier molecular flexibility index (Phi) is 6.43. The molecule has 3 heteroatoms. The van der Waals surface area contributed by atoms with E-state index >= 15 is 0 Å². The van der Waals surface area contributed by atoms with Crippen LogP contribution in [0.1, 0.15) is 84.0 Å². The van der Waals surface area contributed by atoms with Gasteiger partial charge in [-0.3, -0.25) is 0 Å². The van der Waals surface area contributed by atoms with Crippen LogP contribution >= 0.6 is 0 Å². The molecule has 0 amide bonds. The van der Waals surface area contributed by atoms with E-state index in [1.807, 2.05) is 0 Å². The monoisotopic (exact) mass is 304 g/mol. The lowest BCUT2D eigenvalue weighted by Crippen LogP contribution is -2.31. The number of rotatable bonds is 6. The Balaban J connectivity index is 1.70. The standard InChI is InChI=1S/C18H31F3/c1-2-3-4-5-14-6-8-17-13-15(7-9-16(17)12-14)10-11-18(19,20)21/h14-17H,2-13H2,1H3. The van der Waals surface area contributed by atoms with Gasteiger partial charge in [0.1, 0.15) is 0 Å². The Morgan fingerprint density at radius 2 is 1.38 bits per heavy atom. The Morgan fingerprint density at radius 1 is 0.810 bits per heavy atom. The van der Waals surface area contributed by atoms with E-state index in [1.54, 1.807) is 0 Å². The van der Waals surface area contributed by atoms with Crippen LogP contribution in [0.5, 0.6) is 0 Å². The van der Waals surface area contributed by atoms with Gasteiger partial charge in [-0.25, -0.2) is 0 Å². The molecule has 2 rings (SSSR count). The molecule has 0 nitrogen and oxygen atoms in total. The second-order valence-electron chi connectivity index (χ2n) is 7.53. The van der Waals surface area contributed by atoms with Crippen LogP contribution in [0.3, 0.4) is 0 Å². The fraction of sp³-hybridized carbons (Fsp3) is 1.00. The lowest BCUT2D eigenvalue weighted by atomic mass is 9.63. The Morgan fingerprint density at radius 3 is 1.90 bits per heavy atom. The molecule has 0 radical (unpaired) electrons. The van der Waals surface area contributed by atoms with Crippen molar-refractivity contribution < 1.29 is 13.2 Å². The lowest BCUT2D eigenvalue weighted by Gasteiger charge is -2.42. The van der Waals surface area contributed by atoms with Gasteiger partial charge in [0, 0.05) is 6.42 Å². The molecule has 0 spiro atoms. The quantitative estimate of drug-likeness (QED) is 0.476. The maximum absolute atomic E-state index is 12.3. The summed E-state index contributed by atoms with van der Waals surface area (Å²) in [7, 11) is 0. The number of halogens is 3. The smallest absolute Gasteiger partial charge is 0.171 e. The Bertz CT molecular complexity index is 297. The van der Waals surface area contributed by atoms with Gasteiger partial charge >= 0.3 is 6.18 Å². The summed E-state index contributed by atoms with van der Waals surface area (Å²) in [6.45, 7) is 2.25. The second-order valence-corrected chi connectivity index (χ2v) is 7.53. The normalized spacial score (nSPS) is 33.7. The first kappa shape index (κ1) is 17.1. The van der Waals surface area contributed by atoms with Crippen LogP contribution in [0.25, 0.3) is 0 Å². The van der Waals surface area contributed by atoms with Crippen LogP contribution < -0.4 is 0 Å². The number of hydrogen-bond donors (Lipinski definition) is 0. The van der Waals surface area contributed by atoms with Gasteiger partial charge in [-0.2, -0.15) is 13.2 Å². The van der Waals surface area contributed by atoms with E-state index in [-0.39, 0.29) is 0 Å². The lowest BCUT2D eigenvalue weighted by molar-refractivity contribution is -0.138. The molecule has 2 aliphatic rings. The third-order valence-corrected chi connectivity index (χ3v) is 5.88. The summed E-state index contributed by atoms with van der Waals surface area (Å²) in [6.07, 6.45) is 8.50. The summed E-state index contributed by atoms with van der Waals surface area (Å²) in [5, 5.41) is 0. The average molecular weight is 304 g/mol. The SMILES string of the molecule is CCCCCC1CCC2CC(CCC(F)(F)F)CCC2C1. The third-order valence-electron chi connectivity index (χ3n) is 5.88. The summed E-state index contributed by atoms with van der Waals surface area (Å²) in [4.78, 5) is 0. The molecule has 2 fully saturated rings. The summed E-state index contributed by atoms with van der Waals surface area (Å²) in [5.74, 6) is 2.81. The highest BCUT2D eigenvalue weighted by Gasteiger charge is 2.36. The highest BCUT2D eigenvalue weighted by Crippen LogP contribution is 2.47. The maximum Gasteiger partial charge on any atom is 0.389 e. The van der Waals surface area contributed by atoms with Crippen molar-refractivity contribution in [3.05, 3.63) is 0 Å². The third kappa shape index (κ3) is 5.83. The van der Waals surface area contributed by atoms with E-state index in [0.717, 1.165) is 30.6 Å². The zero-order chi connectivity index (χ0) is 15.3. The predicted molar refractivity (Wildman–Crippen MR) is 81.1 cm³/mol. The number of hydrogen-bond acceptors (Lipinski definition) is 0. The summed E-state index contributed by atoms with van der Waals surface area (Å²) in [6, 6.07) is 0. The van der Waals surface area contributed by atoms with Crippen molar-refractivity contribution in [3.8, 4) is 0 Å². The molecule has 0 aromatic heterocycles. The van der Waals surface area contributed by atoms with Crippen LogP contribution in [0, 0.1) is 23.7 Å². The second kappa shape index (κ2) is 7.87. The van der Waals surface area contributed by atoms with E-state index < -0.39 is 12.6 Å². The molecule has 0 aromatic carbocycles. The summed E-state index contributed by atoms with van der Waals surface area (Å²) >= 11 is 0. The molecule has 21 heavy (non-hydrogen) atoms. The largest absolute Gasteiger partial charge is 0.389 e. The molecule has 124 valence electrons. The molecular weight excluding hydrogens is 273 g/mol. The van der Waals surface area contributed by atoms with Crippen LogP contribution in [0.15, 0.2) is 0 Å². The molecule has 0 aromatic rings. The minimum Gasteiger partial charge on any atom is -0.171 e. The van der Waals surface area contributed by atoms with E-state index in [1.165, 1.54) is 51.4 Å². The van der Waals surface area contributed by atoms with Crippen LogP contribution in [-0.2, 0) is 0 Å². The van der Waals surface area contributed by atoms with Gasteiger partial charge < -0.3 is 0 Å². The zero-order valence-corrected chi connectivity index (χ0v) is 13.4. The Hall–Kier alpha value is -0.210. The summed E-state index contributed by atoms with van der Waals surface area (Å²) < 4.78 is 37.0. The van der Waals surface area contributed by atoms with E-state index in [9.17, 15) is 13.2 Å². The van der Waals surface area contributed by atoms with Crippen molar-refractivity contribution in [1.29, 1.82) is 0 Å². The minimum atomic E-state index is -3.96. The molecular formula is C18H31F3. The average Bonchev–Trinajstić information content (AvgIpc) is 2.44. The van der Waals surface area contributed by atoms with E-state index in [2.05, 4.69) is 6.92 Å². The Labute approximate surface area is 127 Å². The fourth-order valence-corrected chi connectivity index (χ4v) is 4.66. The molecule has 4 atom stereocenters. The fourth-order valence-electron chi connectivity index (χ4n) is 4.66. The van der Waals surface area contributed by atoms with Crippen LogP contribution in [0.4, 0.5) is 13.2 Å². The van der Waals surface area contributed by atoms with E-state index in [0.29, 0.717) is 12.3 Å². The van der Waals surface area contributed by atoms with Crippen molar-refractivity contribution >= 4 is 0 Å². The van der Waals surface area contributed by atoms with Gasteiger partial charge in [0.15, 0.2) is 0 Å². The van der Waals surface area contributed by atoms with Crippen molar-refractivity contribution in [2.45, 2.75) is 90.1 Å². The van der Waals surface area contributed by atoms with Crippen LogP contribution in [0.2, 0.25) is 0 Å². The van der Waals surface area contributed by atoms with Crippen molar-refractivity contribution in [3.63, 3.8) is 0 Å². The molecule has 2 aliphatic carbocycles. The van der Waals surface area contributed by atoms with Crippen molar-refractivity contribution in [2.75, 3.05) is 0 Å². The van der Waals surface area contributed by atoms with Crippen molar-refractivity contribution in [2.24, 2.45) is 23.7 Å².